The van der Waals surface area contributed by atoms with Crippen molar-refractivity contribution in [2.75, 3.05) is 6.54 Å². The van der Waals surface area contributed by atoms with Crippen LogP contribution in [0.3, 0.4) is 0 Å². The fourth-order valence-corrected chi connectivity index (χ4v) is 1.39. The number of ether oxygens (including phenoxy) is 2. The lowest BCUT2D eigenvalue weighted by atomic mass is 10.3. The molecule has 4 heteroatoms. The minimum Gasteiger partial charge on any atom is -0.451 e. The van der Waals surface area contributed by atoms with Crippen molar-refractivity contribution in [3.8, 4) is 11.5 Å². The van der Waals surface area contributed by atoms with Crippen LogP contribution in [0.4, 0.5) is 0 Å². The van der Waals surface area contributed by atoms with Crippen molar-refractivity contribution < 1.29 is 9.47 Å². The second-order valence-corrected chi connectivity index (χ2v) is 3.27. The molecule has 1 atom stereocenters. The van der Waals surface area contributed by atoms with Gasteiger partial charge in [0.15, 0.2) is 11.5 Å². The van der Waals surface area contributed by atoms with E-state index >= 15 is 0 Å². The number of hydrogen-bond donors (Lipinski definition) is 1. The van der Waals surface area contributed by atoms with Gasteiger partial charge in [-0.25, -0.2) is 0 Å². The lowest BCUT2D eigenvalue weighted by Crippen LogP contribution is -2.21. The summed E-state index contributed by atoms with van der Waals surface area (Å²) in [7, 11) is 0. The van der Waals surface area contributed by atoms with Crippen LogP contribution in [0.15, 0.2) is 18.2 Å². The quantitative estimate of drug-likeness (QED) is 0.790. The monoisotopic (exact) mass is 199 g/mol. The Morgan fingerprint density at radius 2 is 2.08 bits per heavy atom. The molecule has 1 aromatic rings. The van der Waals surface area contributed by atoms with E-state index in [2.05, 4.69) is 0 Å². The smallest absolute Gasteiger partial charge is 0.242 e. The molecule has 1 unspecified atom stereocenters. The van der Waals surface area contributed by atoms with Gasteiger partial charge in [0.1, 0.15) is 0 Å². The highest BCUT2D eigenvalue weighted by Crippen LogP contribution is 2.37. The SMILES string of the molecule is NCCC1Oc2ccc(Cl)cc2O1. The van der Waals surface area contributed by atoms with Crippen molar-refractivity contribution in [3.05, 3.63) is 23.2 Å². The largest absolute Gasteiger partial charge is 0.451 e. The van der Waals surface area contributed by atoms with Gasteiger partial charge in [-0.2, -0.15) is 0 Å². The van der Waals surface area contributed by atoms with E-state index < -0.39 is 0 Å². The van der Waals surface area contributed by atoms with Crippen LogP contribution in [0.1, 0.15) is 6.42 Å². The van der Waals surface area contributed by atoms with Gasteiger partial charge in [0.2, 0.25) is 6.29 Å². The Hall–Kier alpha value is -0.930. The Kier molecular flexibility index (Phi) is 2.29. The van der Waals surface area contributed by atoms with Crippen molar-refractivity contribution in [2.24, 2.45) is 5.73 Å². The normalized spacial score (nSPS) is 19.1. The Labute approximate surface area is 81.4 Å². The number of fused-ring (bicyclic) bond motifs is 1. The maximum absolute atomic E-state index is 5.79. The first kappa shape index (κ1) is 8.66. The van der Waals surface area contributed by atoms with E-state index in [1.165, 1.54) is 0 Å². The Morgan fingerprint density at radius 3 is 2.85 bits per heavy atom. The minimum absolute atomic E-state index is 0.251. The lowest BCUT2D eigenvalue weighted by Gasteiger charge is -2.07. The number of benzene rings is 1. The summed E-state index contributed by atoms with van der Waals surface area (Å²) in [4.78, 5) is 0. The van der Waals surface area contributed by atoms with Crippen LogP contribution in [0, 0.1) is 0 Å². The predicted octanol–water partition coefficient (Wildman–Crippen LogP) is 1.79. The van der Waals surface area contributed by atoms with E-state index in [-0.39, 0.29) is 6.29 Å². The fraction of sp³-hybridized carbons (Fsp3) is 0.333. The van der Waals surface area contributed by atoms with Crippen molar-refractivity contribution in [1.82, 2.24) is 0 Å². The molecule has 1 aliphatic rings. The Balaban J connectivity index is 2.16. The zero-order valence-corrected chi connectivity index (χ0v) is 7.75. The minimum atomic E-state index is -0.251. The average Bonchev–Trinajstić information content (AvgIpc) is 2.46. The molecule has 3 nitrogen and oxygen atoms in total. The van der Waals surface area contributed by atoms with Crippen LogP contribution in [-0.2, 0) is 0 Å². The fourth-order valence-electron chi connectivity index (χ4n) is 1.23. The molecule has 0 aromatic heterocycles. The molecule has 0 radical (unpaired) electrons. The molecule has 0 amide bonds. The van der Waals surface area contributed by atoms with Crippen LogP contribution in [0.5, 0.6) is 11.5 Å². The highest BCUT2D eigenvalue weighted by Gasteiger charge is 2.23. The molecule has 0 saturated heterocycles. The molecule has 0 aliphatic carbocycles. The van der Waals surface area contributed by atoms with Gasteiger partial charge in [-0.15, -0.1) is 0 Å². The van der Waals surface area contributed by atoms with Gasteiger partial charge in [-0.1, -0.05) is 11.6 Å². The van der Waals surface area contributed by atoms with Crippen LogP contribution < -0.4 is 15.2 Å². The highest BCUT2D eigenvalue weighted by molar-refractivity contribution is 6.30. The molecular formula is C9H10ClNO2. The lowest BCUT2D eigenvalue weighted by molar-refractivity contribution is 0.0442. The van der Waals surface area contributed by atoms with E-state index in [0.29, 0.717) is 23.7 Å². The van der Waals surface area contributed by atoms with E-state index in [4.69, 9.17) is 26.8 Å². The molecule has 1 aliphatic heterocycles. The molecule has 1 heterocycles. The second kappa shape index (κ2) is 3.44. The molecule has 0 spiro atoms. The molecule has 1 aromatic carbocycles. The molecule has 0 saturated carbocycles. The number of halogens is 1. The Bertz CT molecular complexity index is 316. The zero-order valence-electron chi connectivity index (χ0n) is 7.00. The van der Waals surface area contributed by atoms with Crippen molar-refractivity contribution in [3.63, 3.8) is 0 Å². The van der Waals surface area contributed by atoms with Crippen molar-refractivity contribution in [1.29, 1.82) is 0 Å². The second-order valence-electron chi connectivity index (χ2n) is 2.83. The summed E-state index contributed by atoms with van der Waals surface area (Å²) in [6.45, 7) is 0.548. The zero-order chi connectivity index (χ0) is 9.26. The maximum atomic E-state index is 5.79. The summed E-state index contributed by atoms with van der Waals surface area (Å²) in [5.74, 6) is 1.44. The van der Waals surface area contributed by atoms with Gasteiger partial charge in [0.05, 0.1) is 0 Å². The molecule has 13 heavy (non-hydrogen) atoms. The van der Waals surface area contributed by atoms with Gasteiger partial charge in [0, 0.05) is 17.5 Å². The van der Waals surface area contributed by atoms with E-state index in [0.717, 1.165) is 5.75 Å². The van der Waals surface area contributed by atoms with Crippen LogP contribution >= 0.6 is 11.6 Å². The molecule has 0 fully saturated rings. The summed E-state index contributed by atoms with van der Waals surface area (Å²) < 4.78 is 10.9. The highest BCUT2D eigenvalue weighted by atomic mass is 35.5. The van der Waals surface area contributed by atoms with Gasteiger partial charge in [-0.05, 0) is 18.7 Å². The van der Waals surface area contributed by atoms with Gasteiger partial charge in [0.25, 0.3) is 0 Å². The van der Waals surface area contributed by atoms with Crippen molar-refractivity contribution in [2.45, 2.75) is 12.7 Å². The summed E-state index contributed by atoms with van der Waals surface area (Å²) in [5, 5.41) is 0.649. The third-order valence-corrected chi connectivity index (χ3v) is 2.06. The van der Waals surface area contributed by atoms with Gasteiger partial charge in [-0.3, -0.25) is 0 Å². The third-order valence-electron chi connectivity index (χ3n) is 1.82. The van der Waals surface area contributed by atoms with Gasteiger partial charge >= 0.3 is 0 Å². The van der Waals surface area contributed by atoms with Crippen LogP contribution in [-0.4, -0.2) is 12.8 Å². The topological polar surface area (TPSA) is 44.5 Å². The third kappa shape index (κ3) is 1.71. The molecule has 2 rings (SSSR count). The first-order chi connectivity index (χ1) is 6.29. The predicted molar refractivity (Wildman–Crippen MR) is 50.2 cm³/mol. The van der Waals surface area contributed by atoms with E-state index in [9.17, 15) is 0 Å². The molecule has 70 valence electrons. The standard InChI is InChI=1S/C9H10ClNO2/c10-6-1-2-7-8(5-6)13-9(12-7)3-4-11/h1-2,5,9H,3-4,11H2. The summed E-state index contributed by atoms with van der Waals surface area (Å²) in [6, 6.07) is 5.32. The van der Waals surface area contributed by atoms with E-state index in [1.807, 2.05) is 0 Å². The van der Waals surface area contributed by atoms with Crippen molar-refractivity contribution >= 4 is 11.6 Å². The van der Waals surface area contributed by atoms with Crippen LogP contribution in [0.25, 0.3) is 0 Å². The first-order valence-electron chi connectivity index (χ1n) is 4.12. The summed E-state index contributed by atoms with van der Waals surface area (Å²) >= 11 is 5.79. The number of rotatable bonds is 2. The number of hydrogen-bond acceptors (Lipinski definition) is 3. The Morgan fingerprint density at radius 1 is 1.31 bits per heavy atom. The maximum Gasteiger partial charge on any atom is 0.242 e. The molecule has 2 N–H and O–H groups in total. The summed E-state index contributed by atoms with van der Waals surface area (Å²) in [6.07, 6.45) is 0.435. The number of nitrogens with two attached hydrogens (primary N) is 1. The molecular weight excluding hydrogens is 190 g/mol. The molecule has 0 bridgehead atoms. The van der Waals surface area contributed by atoms with Gasteiger partial charge < -0.3 is 15.2 Å². The summed E-state index contributed by atoms with van der Waals surface area (Å²) in [5.41, 5.74) is 5.39. The van der Waals surface area contributed by atoms with Crippen LogP contribution in [0.2, 0.25) is 5.02 Å². The first-order valence-corrected chi connectivity index (χ1v) is 4.50. The average molecular weight is 200 g/mol. The van der Waals surface area contributed by atoms with E-state index in [1.54, 1.807) is 18.2 Å².